The van der Waals surface area contributed by atoms with Crippen LogP contribution in [-0.2, 0) is 6.42 Å². The van der Waals surface area contributed by atoms with Gasteiger partial charge in [-0.25, -0.2) is 8.78 Å². The largest absolute Gasteiger partial charge is 0.494 e. The van der Waals surface area contributed by atoms with Crippen LogP contribution in [0.15, 0.2) is 60.7 Å². The topological polar surface area (TPSA) is 9.23 Å². The van der Waals surface area contributed by atoms with Gasteiger partial charge in [-0.1, -0.05) is 43.4 Å². The fraction of sp³-hybridized carbons (Fsp3) is 0.241. The summed E-state index contributed by atoms with van der Waals surface area (Å²) < 4.78 is 34.1. The Hall–Kier alpha value is -3.56. The van der Waals surface area contributed by atoms with Gasteiger partial charge in [0.25, 0.3) is 0 Å². The maximum absolute atomic E-state index is 14.3. The summed E-state index contributed by atoms with van der Waals surface area (Å²) >= 11 is 0. The summed E-state index contributed by atoms with van der Waals surface area (Å²) in [7, 11) is 0. The van der Waals surface area contributed by atoms with Gasteiger partial charge in [0, 0.05) is 16.7 Å². The lowest BCUT2D eigenvalue weighted by Crippen LogP contribution is -1.95. The van der Waals surface area contributed by atoms with E-state index in [1.54, 1.807) is 12.1 Å². The second kappa shape index (κ2) is 11.7. The molecule has 0 aliphatic rings. The molecule has 0 heterocycles. The van der Waals surface area contributed by atoms with Crippen LogP contribution < -0.4 is 4.74 Å². The van der Waals surface area contributed by atoms with E-state index in [4.69, 9.17) is 4.74 Å². The second-order valence-corrected chi connectivity index (χ2v) is 7.43. The minimum atomic E-state index is -0.609. The van der Waals surface area contributed by atoms with Gasteiger partial charge < -0.3 is 4.74 Å². The van der Waals surface area contributed by atoms with Gasteiger partial charge in [-0.15, -0.1) is 0 Å². The Kier molecular flexibility index (Phi) is 8.47. The standard InChI is InChI=1S/C29H26F2O/c1-3-5-6-7-25-20-28(30)27(29(31)21-25)19-16-23-11-8-22(9-12-23)10-13-24-14-17-26(18-15-24)32-4-2/h8-9,11-12,14-15,17-18,20-21H,3-7H2,1-2H3. The molecule has 0 aliphatic carbocycles. The zero-order valence-electron chi connectivity index (χ0n) is 18.5. The molecule has 1 nitrogen and oxygen atoms in total. The molecule has 0 aliphatic heterocycles. The van der Waals surface area contributed by atoms with E-state index in [-0.39, 0.29) is 5.56 Å². The molecule has 0 saturated heterocycles. The van der Waals surface area contributed by atoms with Crippen molar-refractivity contribution in [3.05, 3.63) is 100 Å². The molecule has 0 bridgehead atoms. The first kappa shape index (κ1) is 23.1. The first-order valence-electron chi connectivity index (χ1n) is 10.9. The highest BCUT2D eigenvalue weighted by Gasteiger charge is 2.09. The molecule has 0 aromatic heterocycles. The summed E-state index contributed by atoms with van der Waals surface area (Å²) in [5.41, 5.74) is 2.88. The Morgan fingerprint density at radius 2 is 1.19 bits per heavy atom. The minimum Gasteiger partial charge on any atom is -0.494 e. The van der Waals surface area contributed by atoms with E-state index < -0.39 is 11.6 Å². The van der Waals surface area contributed by atoms with Crippen molar-refractivity contribution in [2.45, 2.75) is 39.5 Å². The average molecular weight is 429 g/mol. The molecule has 32 heavy (non-hydrogen) atoms. The fourth-order valence-corrected chi connectivity index (χ4v) is 3.19. The maximum atomic E-state index is 14.3. The molecule has 0 radical (unpaired) electrons. The molecule has 0 N–H and O–H groups in total. The highest BCUT2D eigenvalue weighted by molar-refractivity contribution is 5.49. The Balaban J connectivity index is 1.68. The van der Waals surface area contributed by atoms with Gasteiger partial charge in [0.15, 0.2) is 0 Å². The molecule has 3 aromatic carbocycles. The Labute approximate surface area is 189 Å². The van der Waals surface area contributed by atoms with Crippen LogP contribution in [0.3, 0.4) is 0 Å². The van der Waals surface area contributed by atoms with E-state index in [9.17, 15) is 8.78 Å². The molecule has 3 aromatic rings. The molecule has 0 unspecified atom stereocenters. The van der Waals surface area contributed by atoms with Gasteiger partial charge in [0.1, 0.15) is 17.4 Å². The first-order valence-corrected chi connectivity index (χ1v) is 10.9. The average Bonchev–Trinajstić information content (AvgIpc) is 2.79. The summed E-state index contributed by atoms with van der Waals surface area (Å²) in [5, 5.41) is 0. The maximum Gasteiger partial charge on any atom is 0.142 e. The van der Waals surface area contributed by atoms with Crippen molar-refractivity contribution in [3.63, 3.8) is 0 Å². The summed E-state index contributed by atoms with van der Waals surface area (Å²) in [5.74, 6) is 11.3. The molecule has 0 spiro atoms. The molecule has 0 atom stereocenters. The zero-order valence-corrected chi connectivity index (χ0v) is 18.5. The molecule has 0 fully saturated rings. The van der Waals surface area contributed by atoms with E-state index in [1.165, 1.54) is 12.1 Å². The van der Waals surface area contributed by atoms with Crippen LogP contribution in [0, 0.1) is 35.3 Å². The SMILES string of the molecule is CCCCCc1cc(F)c(C#Cc2ccc(C#Cc3ccc(OCC)cc3)cc2)c(F)c1. The zero-order chi connectivity index (χ0) is 22.8. The number of benzene rings is 3. The van der Waals surface area contributed by atoms with Crippen molar-refractivity contribution in [2.75, 3.05) is 6.61 Å². The molecule has 0 amide bonds. The second-order valence-electron chi connectivity index (χ2n) is 7.43. The lowest BCUT2D eigenvalue weighted by molar-refractivity contribution is 0.340. The van der Waals surface area contributed by atoms with Crippen molar-refractivity contribution in [2.24, 2.45) is 0 Å². The summed E-state index contributed by atoms with van der Waals surface area (Å²) in [6.07, 6.45) is 3.72. The van der Waals surface area contributed by atoms with E-state index in [1.807, 2.05) is 43.3 Å². The van der Waals surface area contributed by atoms with Crippen LogP contribution in [0.2, 0.25) is 0 Å². The highest BCUT2D eigenvalue weighted by atomic mass is 19.1. The number of aryl methyl sites for hydroxylation is 1. The molecule has 3 rings (SSSR count). The van der Waals surface area contributed by atoms with Crippen LogP contribution in [0.25, 0.3) is 0 Å². The van der Waals surface area contributed by atoms with Crippen LogP contribution in [0.5, 0.6) is 5.75 Å². The molecular formula is C29H26F2O. The Bertz CT molecular complexity index is 1130. The third-order valence-electron chi connectivity index (χ3n) is 4.90. The monoisotopic (exact) mass is 428 g/mol. The predicted molar refractivity (Wildman–Crippen MR) is 126 cm³/mol. The molecular weight excluding hydrogens is 402 g/mol. The molecule has 162 valence electrons. The van der Waals surface area contributed by atoms with Crippen LogP contribution >= 0.6 is 0 Å². The third-order valence-corrected chi connectivity index (χ3v) is 4.90. The van der Waals surface area contributed by atoms with Crippen molar-refractivity contribution in [1.29, 1.82) is 0 Å². The van der Waals surface area contributed by atoms with E-state index in [2.05, 4.69) is 30.6 Å². The lowest BCUT2D eigenvalue weighted by Gasteiger charge is -2.04. The van der Waals surface area contributed by atoms with Crippen LogP contribution in [-0.4, -0.2) is 6.61 Å². The number of ether oxygens (including phenoxy) is 1. The number of halogens is 2. The van der Waals surface area contributed by atoms with E-state index in [0.717, 1.165) is 36.1 Å². The van der Waals surface area contributed by atoms with Gasteiger partial charge in [-0.2, -0.15) is 0 Å². The third kappa shape index (κ3) is 6.73. The summed E-state index contributed by atoms with van der Waals surface area (Å²) in [4.78, 5) is 0. The highest BCUT2D eigenvalue weighted by Crippen LogP contribution is 2.17. The quantitative estimate of drug-likeness (QED) is 0.307. The van der Waals surface area contributed by atoms with Crippen LogP contribution in [0.1, 0.15) is 60.9 Å². The minimum absolute atomic E-state index is 0.191. The van der Waals surface area contributed by atoms with Gasteiger partial charge in [-0.3, -0.25) is 0 Å². The Morgan fingerprint density at radius 3 is 1.69 bits per heavy atom. The van der Waals surface area contributed by atoms with Crippen molar-refractivity contribution in [3.8, 4) is 29.4 Å². The first-order chi connectivity index (χ1) is 15.6. The van der Waals surface area contributed by atoms with E-state index >= 15 is 0 Å². The smallest absolute Gasteiger partial charge is 0.142 e. The number of unbranched alkanes of at least 4 members (excludes halogenated alkanes) is 2. The van der Waals surface area contributed by atoms with Crippen molar-refractivity contribution >= 4 is 0 Å². The number of hydrogen-bond acceptors (Lipinski definition) is 1. The van der Waals surface area contributed by atoms with Gasteiger partial charge in [0.2, 0.25) is 0 Å². The van der Waals surface area contributed by atoms with Crippen LogP contribution in [0.4, 0.5) is 8.78 Å². The predicted octanol–water partition coefficient (Wildman–Crippen LogP) is 6.90. The lowest BCUT2D eigenvalue weighted by atomic mass is 10.0. The van der Waals surface area contributed by atoms with Crippen molar-refractivity contribution < 1.29 is 13.5 Å². The summed E-state index contributed by atoms with van der Waals surface area (Å²) in [6, 6.07) is 17.7. The molecule has 0 saturated carbocycles. The van der Waals surface area contributed by atoms with Gasteiger partial charge in [-0.05, 0) is 86.0 Å². The fourth-order valence-electron chi connectivity index (χ4n) is 3.19. The van der Waals surface area contributed by atoms with Crippen molar-refractivity contribution in [1.82, 2.24) is 0 Å². The number of rotatable bonds is 6. The number of hydrogen-bond donors (Lipinski definition) is 0. The summed E-state index contributed by atoms with van der Waals surface area (Å²) in [6.45, 7) is 4.67. The normalized spacial score (nSPS) is 10.0. The van der Waals surface area contributed by atoms with E-state index in [0.29, 0.717) is 24.2 Å². The molecule has 3 heteroatoms. The Morgan fingerprint density at radius 1 is 0.688 bits per heavy atom. The van der Waals surface area contributed by atoms with Gasteiger partial charge in [0.05, 0.1) is 12.2 Å². The van der Waals surface area contributed by atoms with Gasteiger partial charge >= 0.3 is 0 Å².